The van der Waals surface area contributed by atoms with E-state index in [2.05, 4.69) is 30.4 Å². The molecule has 0 amide bonds. The molecule has 2 nitrogen and oxygen atoms in total. The van der Waals surface area contributed by atoms with Gasteiger partial charge in [0.15, 0.2) is 0 Å². The highest BCUT2D eigenvalue weighted by Crippen LogP contribution is 2.29. The summed E-state index contributed by atoms with van der Waals surface area (Å²) in [6.45, 7) is 5.09. The van der Waals surface area contributed by atoms with E-state index in [1.165, 1.54) is 42.5 Å². The molecular formula is C16H23NO. The predicted octanol–water partition coefficient (Wildman–Crippen LogP) is 3.96. The van der Waals surface area contributed by atoms with Crippen LogP contribution in [0.25, 0.3) is 0 Å². The maximum atomic E-state index is 5.45. The molecule has 2 aliphatic rings. The quantitative estimate of drug-likeness (QED) is 0.870. The summed E-state index contributed by atoms with van der Waals surface area (Å²) >= 11 is 0. The molecule has 18 heavy (non-hydrogen) atoms. The molecule has 1 heterocycles. The van der Waals surface area contributed by atoms with Crippen LogP contribution in [0.3, 0.4) is 0 Å². The van der Waals surface area contributed by atoms with Gasteiger partial charge in [-0.2, -0.15) is 0 Å². The highest BCUT2D eigenvalue weighted by molar-refractivity contribution is 5.49. The Labute approximate surface area is 110 Å². The molecule has 1 aromatic rings. The fraction of sp³-hybridized carbons (Fsp3) is 0.625. The summed E-state index contributed by atoms with van der Waals surface area (Å²) in [7, 11) is 0. The third kappa shape index (κ3) is 2.69. The second-order valence-electron chi connectivity index (χ2n) is 5.99. The summed E-state index contributed by atoms with van der Waals surface area (Å²) in [6, 6.07) is 6.66. The molecule has 98 valence electrons. The van der Waals surface area contributed by atoms with Crippen LogP contribution in [0.15, 0.2) is 18.2 Å². The first-order chi connectivity index (χ1) is 8.81. The Morgan fingerprint density at radius 3 is 3.00 bits per heavy atom. The number of benzene rings is 1. The zero-order valence-corrected chi connectivity index (χ0v) is 11.2. The van der Waals surface area contributed by atoms with Gasteiger partial charge >= 0.3 is 0 Å². The van der Waals surface area contributed by atoms with E-state index in [0.717, 1.165) is 31.6 Å². The number of ether oxygens (including phenoxy) is 1. The Hall–Kier alpha value is -1.02. The number of hydrogen-bond donors (Lipinski definition) is 1. The number of nitrogens with one attached hydrogen (secondary N) is 1. The smallest absolute Gasteiger partial charge is 0.0725 e. The minimum absolute atomic E-state index is 0.783. The van der Waals surface area contributed by atoms with Crippen molar-refractivity contribution in [1.82, 2.24) is 0 Å². The first-order valence-corrected chi connectivity index (χ1v) is 7.24. The van der Waals surface area contributed by atoms with Crippen LogP contribution in [0.4, 0.5) is 5.69 Å². The van der Waals surface area contributed by atoms with Gasteiger partial charge in [-0.1, -0.05) is 25.8 Å². The lowest BCUT2D eigenvalue weighted by Gasteiger charge is -2.27. The molecule has 1 aliphatic heterocycles. The second kappa shape index (κ2) is 5.31. The molecule has 1 aliphatic carbocycles. The molecule has 3 rings (SSSR count). The maximum absolute atomic E-state index is 5.45. The van der Waals surface area contributed by atoms with Crippen LogP contribution in [0, 0.1) is 11.8 Å². The van der Waals surface area contributed by atoms with Crippen molar-refractivity contribution in [1.29, 1.82) is 0 Å². The molecule has 1 N–H and O–H groups in total. The summed E-state index contributed by atoms with van der Waals surface area (Å²) in [5.41, 5.74) is 3.97. The Bertz CT molecular complexity index is 416. The number of rotatable bonds is 3. The van der Waals surface area contributed by atoms with Crippen molar-refractivity contribution in [2.75, 3.05) is 11.9 Å². The van der Waals surface area contributed by atoms with Crippen molar-refractivity contribution < 1.29 is 4.74 Å². The van der Waals surface area contributed by atoms with Crippen LogP contribution in [0.2, 0.25) is 0 Å². The van der Waals surface area contributed by atoms with Gasteiger partial charge in [-0.05, 0) is 47.9 Å². The Morgan fingerprint density at radius 1 is 1.22 bits per heavy atom. The van der Waals surface area contributed by atoms with Crippen molar-refractivity contribution in [3.63, 3.8) is 0 Å². The summed E-state index contributed by atoms with van der Waals surface area (Å²) in [4.78, 5) is 0. The van der Waals surface area contributed by atoms with Gasteiger partial charge in [-0.3, -0.25) is 0 Å². The van der Waals surface area contributed by atoms with E-state index in [9.17, 15) is 0 Å². The van der Waals surface area contributed by atoms with Crippen LogP contribution in [-0.4, -0.2) is 6.54 Å². The number of hydrogen-bond acceptors (Lipinski definition) is 2. The van der Waals surface area contributed by atoms with E-state index in [0.29, 0.717) is 0 Å². The molecule has 0 saturated heterocycles. The van der Waals surface area contributed by atoms with Crippen LogP contribution < -0.4 is 5.32 Å². The molecule has 0 spiro atoms. The average Bonchev–Trinajstić information content (AvgIpc) is 2.84. The lowest BCUT2D eigenvalue weighted by molar-refractivity contribution is 0.134. The van der Waals surface area contributed by atoms with Crippen molar-refractivity contribution in [3.05, 3.63) is 29.3 Å². The number of anilines is 1. The topological polar surface area (TPSA) is 21.3 Å². The van der Waals surface area contributed by atoms with Gasteiger partial charge in [-0.15, -0.1) is 0 Å². The largest absolute Gasteiger partial charge is 0.385 e. The molecule has 1 aromatic carbocycles. The fourth-order valence-electron chi connectivity index (χ4n) is 3.29. The lowest BCUT2D eigenvalue weighted by Crippen LogP contribution is -2.21. The van der Waals surface area contributed by atoms with Gasteiger partial charge in [-0.25, -0.2) is 0 Å². The van der Waals surface area contributed by atoms with Crippen molar-refractivity contribution >= 4 is 5.69 Å². The molecule has 2 unspecified atom stereocenters. The molecule has 1 fully saturated rings. The Kier molecular flexibility index (Phi) is 3.55. The average molecular weight is 245 g/mol. The zero-order valence-electron chi connectivity index (χ0n) is 11.2. The number of fused-ring (bicyclic) bond motifs is 1. The van der Waals surface area contributed by atoms with E-state index in [4.69, 9.17) is 4.74 Å². The van der Waals surface area contributed by atoms with Crippen LogP contribution in [-0.2, 0) is 18.0 Å². The molecule has 2 heteroatoms. The van der Waals surface area contributed by atoms with Gasteiger partial charge in [0, 0.05) is 12.2 Å². The third-order valence-electron chi connectivity index (χ3n) is 4.36. The zero-order chi connectivity index (χ0) is 12.4. The fourth-order valence-corrected chi connectivity index (χ4v) is 3.29. The normalized spacial score (nSPS) is 26.9. The van der Waals surface area contributed by atoms with Crippen LogP contribution >= 0.6 is 0 Å². The van der Waals surface area contributed by atoms with Gasteiger partial charge in [0.05, 0.1) is 13.2 Å². The van der Waals surface area contributed by atoms with Crippen molar-refractivity contribution in [2.45, 2.75) is 45.8 Å². The highest BCUT2D eigenvalue weighted by Gasteiger charge is 2.18. The summed E-state index contributed by atoms with van der Waals surface area (Å²) in [6.07, 6.45) is 5.62. The maximum Gasteiger partial charge on any atom is 0.0725 e. The molecule has 0 bridgehead atoms. The SMILES string of the molecule is CC1CCCC(CNc2ccc3c(c2)COC3)C1. The van der Waals surface area contributed by atoms with Gasteiger partial charge < -0.3 is 10.1 Å². The molecular weight excluding hydrogens is 222 g/mol. The van der Waals surface area contributed by atoms with Crippen LogP contribution in [0.1, 0.15) is 43.7 Å². The van der Waals surface area contributed by atoms with E-state index < -0.39 is 0 Å². The molecule has 1 saturated carbocycles. The lowest BCUT2D eigenvalue weighted by atomic mass is 9.82. The van der Waals surface area contributed by atoms with Gasteiger partial charge in [0.1, 0.15) is 0 Å². The second-order valence-corrected chi connectivity index (χ2v) is 5.99. The predicted molar refractivity (Wildman–Crippen MR) is 74.5 cm³/mol. The first-order valence-electron chi connectivity index (χ1n) is 7.24. The van der Waals surface area contributed by atoms with Crippen LogP contribution in [0.5, 0.6) is 0 Å². The summed E-state index contributed by atoms with van der Waals surface area (Å²) < 4.78 is 5.45. The molecule has 0 aromatic heterocycles. The van der Waals surface area contributed by atoms with Gasteiger partial charge in [0.2, 0.25) is 0 Å². The van der Waals surface area contributed by atoms with E-state index in [1.807, 2.05) is 0 Å². The summed E-state index contributed by atoms with van der Waals surface area (Å²) in [5.74, 6) is 1.78. The molecule has 2 atom stereocenters. The Morgan fingerprint density at radius 2 is 2.11 bits per heavy atom. The molecule has 0 radical (unpaired) electrons. The van der Waals surface area contributed by atoms with E-state index in [1.54, 1.807) is 0 Å². The minimum atomic E-state index is 0.783. The first kappa shape index (κ1) is 12.0. The summed E-state index contributed by atoms with van der Waals surface area (Å²) in [5, 5.41) is 3.61. The third-order valence-corrected chi connectivity index (χ3v) is 4.36. The van der Waals surface area contributed by atoms with Crippen molar-refractivity contribution in [3.8, 4) is 0 Å². The minimum Gasteiger partial charge on any atom is -0.385 e. The standard InChI is InChI=1S/C16H23NO/c1-12-3-2-4-13(7-12)9-17-16-6-5-14-10-18-11-15(14)8-16/h5-6,8,12-13,17H,2-4,7,9-11H2,1H3. The Balaban J connectivity index is 1.56. The van der Waals surface area contributed by atoms with Gasteiger partial charge in [0.25, 0.3) is 0 Å². The monoisotopic (exact) mass is 245 g/mol. The van der Waals surface area contributed by atoms with E-state index in [-0.39, 0.29) is 0 Å². The highest BCUT2D eigenvalue weighted by atomic mass is 16.5. The van der Waals surface area contributed by atoms with E-state index >= 15 is 0 Å². The van der Waals surface area contributed by atoms with Crippen molar-refractivity contribution in [2.24, 2.45) is 11.8 Å².